The summed E-state index contributed by atoms with van der Waals surface area (Å²) < 4.78 is 5.13. The summed E-state index contributed by atoms with van der Waals surface area (Å²) in [6.07, 6.45) is 3.17. The van der Waals surface area contributed by atoms with Gasteiger partial charge in [-0.3, -0.25) is 9.78 Å². The van der Waals surface area contributed by atoms with E-state index in [-0.39, 0.29) is 5.91 Å². The van der Waals surface area contributed by atoms with Crippen LogP contribution in [0.4, 0.5) is 11.4 Å². The van der Waals surface area contributed by atoms with Crippen molar-refractivity contribution in [3.63, 3.8) is 0 Å². The third-order valence-corrected chi connectivity index (χ3v) is 2.83. The molecule has 19 heavy (non-hydrogen) atoms. The molecule has 1 heterocycles. The van der Waals surface area contributed by atoms with Crippen LogP contribution >= 0.6 is 11.6 Å². The highest BCUT2D eigenvalue weighted by Gasteiger charge is 2.15. The molecule has 0 atom stereocenters. The number of anilines is 2. The minimum atomic E-state index is -0.329. The third-order valence-electron chi connectivity index (χ3n) is 2.50. The number of pyridine rings is 1. The van der Waals surface area contributed by atoms with E-state index in [4.69, 9.17) is 22.1 Å². The van der Waals surface area contributed by atoms with E-state index in [0.29, 0.717) is 27.7 Å². The van der Waals surface area contributed by atoms with Crippen molar-refractivity contribution < 1.29 is 9.53 Å². The Hall–Kier alpha value is -2.27. The van der Waals surface area contributed by atoms with E-state index >= 15 is 0 Å². The lowest BCUT2D eigenvalue weighted by Crippen LogP contribution is -2.13. The zero-order valence-electron chi connectivity index (χ0n) is 10.2. The number of nitrogens with zero attached hydrogens (tertiary/aromatic N) is 1. The number of ether oxygens (including phenoxy) is 1. The van der Waals surface area contributed by atoms with Crippen LogP contribution in [0.1, 0.15) is 10.4 Å². The molecule has 5 nitrogen and oxygen atoms in total. The van der Waals surface area contributed by atoms with Crippen LogP contribution < -0.4 is 15.8 Å². The molecule has 0 bridgehead atoms. The summed E-state index contributed by atoms with van der Waals surface area (Å²) in [7, 11) is 1.46. The second kappa shape index (κ2) is 5.58. The van der Waals surface area contributed by atoms with Gasteiger partial charge >= 0.3 is 0 Å². The first-order valence-electron chi connectivity index (χ1n) is 5.46. The molecule has 98 valence electrons. The molecule has 2 aromatic rings. The number of nitrogens with two attached hydrogens (primary N) is 1. The Kier molecular flexibility index (Phi) is 3.87. The minimum Gasteiger partial charge on any atom is -0.496 e. The maximum atomic E-state index is 12.1. The van der Waals surface area contributed by atoms with E-state index < -0.39 is 0 Å². The molecule has 3 N–H and O–H groups in total. The highest BCUT2D eigenvalue weighted by Crippen LogP contribution is 2.29. The first-order chi connectivity index (χ1) is 9.11. The normalized spacial score (nSPS) is 10.0. The number of hydrogen-bond donors (Lipinski definition) is 2. The number of carbonyl (C=O) groups is 1. The summed E-state index contributed by atoms with van der Waals surface area (Å²) in [5.74, 6) is 0.0402. The number of nitrogens with one attached hydrogen (secondary N) is 1. The lowest BCUT2D eigenvalue weighted by Gasteiger charge is -2.11. The second-order valence-electron chi connectivity index (χ2n) is 3.76. The zero-order chi connectivity index (χ0) is 13.8. The Bertz CT molecular complexity index is 602. The average molecular weight is 278 g/mol. The summed E-state index contributed by atoms with van der Waals surface area (Å²) in [5.41, 5.74) is 6.98. The molecular weight excluding hydrogens is 266 g/mol. The average Bonchev–Trinajstić information content (AvgIpc) is 2.42. The fourth-order valence-electron chi connectivity index (χ4n) is 1.55. The van der Waals surface area contributed by atoms with Crippen molar-refractivity contribution >= 4 is 28.9 Å². The molecule has 1 aromatic heterocycles. The number of aromatic nitrogens is 1. The minimum absolute atomic E-state index is 0.306. The molecule has 0 aliphatic heterocycles. The molecule has 6 heteroatoms. The number of amides is 1. The number of nitrogen functional groups attached to an aromatic ring is 1. The van der Waals surface area contributed by atoms with Gasteiger partial charge in [-0.05, 0) is 18.2 Å². The topological polar surface area (TPSA) is 77.2 Å². The van der Waals surface area contributed by atoms with Gasteiger partial charge in [-0.2, -0.15) is 0 Å². The van der Waals surface area contributed by atoms with Gasteiger partial charge in [0, 0.05) is 24.1 Å². The van der Waals surface area contributed by atoms with Crippen LogP contribution in [0.3, 0.4) is 0 Å². The smallest absolute Gasteiger partial charge is 0.259 e. The fourth-order valence-corrected chi connectivity index (χ4v) is 1.71. The maximum Gasteiger partial charge on any atom is 0.259 e. The maximum absolute atomic E-state index is 12.1. The van der Waals surface area contributed by atoms with Crippen LogP contribution in [-0.2, 0) is 0 Å². The standard InChI is InChI=1S/C13H12ClN3O2/c1-19-12-7-11(15)10(14)6-9(12)13(18)17-8-2-4-16-5-3-8/h2-7H,15H2,1H3,(H,16,17,18). The van der Waals surface area contributed by atoms with E-state index in [2.05, 4.69) is 10.3 Å². The van der Waals surface area contributed by atoms with Gasteiger partial charge in [-0.25, -0.2) is 0 Å². The lowest BCUT2D eigenvalue weighted by molar-refractivity contribution is 0.102. The van der Waals surface area contributed by atoms with Gasteiger partial charge in [-0.1, -0.05) is 11.6 Å². The van der Waals surface area contributed by atoms with E-state index in [9.17, 15) is 4.79 Å². The third kappa shape index (κ3) is 2.95. The quantitative estimate of drug-likeness (QED) is 0.846. The van der Waals surface area contributed by atoms with E-state index in [1.54, 1.807) is 24.5 Å². The molecule has 0 fully saturated rings. The van der Waals surface area contributed by atoms with Gasteiger partial charge in [0.25, 0.3) is 5.91 Å². The molecule has 0 unspecified atom stereocenters. The van der Waals surface area contributed by atoms with Crippen molar-refractivity contribution in [2.24, 2.45) is 0 Å². The number of hydrogen-bond acceptors (Lipinski definition) is 4. The Morgan fingerprint density at radius 2 is 2.05 bits per heavy atom. The molecule has 1 amide bonds. The summed E-state index contributed by atoms with van der Waals surface area (Å²) in [5, 5.41) is 3.03. The SMILES string of the molecule is COc1cc(N)c(Cl)cc1C(=O)Nc1ccncc1. The molecule has 0 aliphatic rings. The Morgan fingerprint density at radius 1 is 1.37 bits per heavy atom. The molecule has 0 saturated heterocycles. The fraction of sp³-hybridized carbons (Fsp3) is 0.0769. The zero-order valence-corrected chi connectivity index (χ0v) is 10.9. The Balaban J connectivity index is 2.31. The molecule has 1 aromatic carbocycles. The van der Waals surface area contributed by atoms with Crippen molar-refractivity contribution in [1.29, 1.82) is 0 Å². The lowest BCUT2D eigenvalue weighted by atomic mass is 10.1. The van der Waals surface area contributed by atoms with Crippen molar-refractivity contribution in [2.75, 3.05) is 18.2 Å². The number of halogens is 1. The van der Waals surface area contributed by atoms with Crippen LogP contribution in [-0.4, -0.2) is 18.0 Å². The predicted molar refractivity (Wildman–Crippen MR) is 74.6 cm³/mol. The highest BCUT2D eigenvalue weighted by atomic mass is 35.5. The van der Waals surface area contributed by atoms with Crippen LogP contribution in [0.2, 0.25) is 5.02 Å². The molecule has 0 saturated carbocycles. The van der Waals surface area contributed by atoms with E-state index in [0.717, 1.165) is 0 Å². The van der Waals surface area contributed by atoms with E-state index in [1.807, 2.05) is 0 Å². The Morgan fingerprint density at radius 3 is 2.68 bits per heavy atom. The summed E-state index contributed by atoms with van der Waals surface area (Å²) in [6.45, 7) is 0. The number of carbonyl (C=O) groups excluding carboxylic acids is 1. The number of benzene rings is 1. The van der Waals surface area contributed by atoms with Crippen LogP contribution in [0.25, 0.3) is 0 Å². The van der Waals surface area contributed by atoms with Crippen molar-refractivity contribution in [3.05, 3.63) is 47.2 Å². The summed E-state index contributed by atoms with van der Waals surface area (Å²) in [4.78, 5) is 16.0. The Labute approximate surface area is 115 Å². The highest BCUT2D eigenvalue weighted by molar-refractivity contribution is 6.33. The first kappa shape index (κ1) is 13.2. The van der Waals surface area contributed by atoms with Gasteiger partial charge in [0.05, 0.1) is 23.4 Å². The van der Waals surface area contributed by atoms with Gasteiger partial charge in [0.15, 0.2) is 0 Å². The molecule has 0 spiro atoms. The number of rotatable bonds is 3. The van der Waals surface area contributed by atoms with Gasteiger partial charge < -0.3 is 15.8 Å². The van der Waals surface area contributed by atoms with Crippen LogP contribution in [0.15, 0.2) is 36.7 Å². The first-order valence-corrected chi connectivity index (χ1v) is 5.84. The molecule has 2 rings (SSSR count). The van der Waals surface area contributed by atoms with Gasteiger partial charge in [0.2, 0.25) is 0 Å². The van der Waals surface area contributed by atoms with Crippen molar-refractivity contribution in [2.45, 2.75) is 0 Å². The largest absolute Gasteiger partial charge is 0.496 e. The summed E-state index contributed by atoms with van der Waals surface area (Å²) >= 11 is 5.92. The second-order valence-corrected chi connectivity index (χ2v) is 4.17. The van der Waals surface area contributed by atoms with Crippen LogP contribution in [0, 0.1) is 0 Å². The van der Waals surface area contributed by atoms with Crippen LogP contribution in [0.5, 0.6) is 5.75 Å². The number of methoxy groups -OCH3 is 1. The summed E-state index contributed by atoms with van der Waals surface area (Å²) in [6, 6.07) is 6.36. The molecule has 0 aliphatic carbocycles. The molecular formula is C13H12ClN3O2. The van der Waals surface area contributed by atoms with Gasteiger partial charge in [-0.15, -0.1) is 0 Å². The van der Waals surface area contributed by atoms with E-state index in [1.165, 1.54) is 19.2 Å². The van der Waals surface area contributed by atoms with Crippen molar-refractivity contribution in [1.82, 2.24) is 4.98 Å². The van der Waals surface area contributed by atoms with Crippen molar-refractivity contribution in [3.8, 4) is 5.75 Å². The monoisotopic (exact) mass is 277 g/mol. The van der Waals surface area contributed by atoms with Gasteiger partial charge in [0.1, 0.15) is 5.75 Å². The predicted octanol–water partition coefficient (Wildman–Crippen LogP) is 2.58. The molecule has 0 radical (unpaired) electrons.